The third-order valence-corrected chi connectivity index (χ3v) is 3.64. The van der Waals surface area contributed by atoms with Gasteiger partial charge >= 0.3 is 12.1 Å². The molecule has 1 atom stereocenters. The standard InChI is InChI=1S/C15H15F3N2O4/c16-15(17,18)8-19-11(21)7-12(22)20-6-5-9-3-1-2-4-10(9)13(20)14(23)24/h1-4,13H,5-8H2,(H,19,21)(H,23,24). The molecule has 0 spiro atoms. The van der Waals surface area contributed by atoms with Crippen LogP contribution in [0.1, 0.15) is 23.6 Å². The molecule has 0 saturated carbocycles. The first-order chi connectivity index (χ1) is 11.2. The quantitative estimate of drug-likeness (QED) is 0.806. The van der Waals surface area contributed by atoms with Crippen molar-refractivity contribution in [2.45, 2.75) is 25.1 Å². The van der Waals surface area contributed by atoms with Gasteiger partial charge in [-0.1, -0.05) is 24.3 Å². The molecule has 2 rings (SSSR count). The second-order valence-corrected chi connectivity index (χ2v) is 5.35. The van der Waals surface area contributed by atoms with E-state index in [0.29, 0.717) is 12.0 Å². The third kappa shape index (κ3) is 4.24. The van der Waals surface area contributed by atoms with Gasteiger partial charge in [0.25, 0.3) is 0 Å². The van der Waals surface area contributed by atoms with Crippen molar-refractivity contribution in [2.24, 2.45) is 0 Å². The van der Waals surface area contributed by atoms with Crippen molar-refractivity contribution >= 4 is 17.8 Å². The van der Waals surface area contributed by atoms with E-state index in [1.54, 1.807) is 29.6 Å². The molecule has 1 unspecified atom stereocenters. The zero-order valence-corrected chi connectivity index (χ0v) is 12.5. The van der Waals surface area contributed by atoms with Gasteiger partial charge in [0.1, 0.15) is 13.0 Å². The summed E-state index contributed by atoms with van der Waals surface area (Å²) in [6.45, 7) is -1.45. The van der Waals surface area contributed by atoms with E-state index in [2.05, 4.69) is 0 Å². The van der Waals surface area contributed by atoms with Crippen LogP contribution in [0.4, 0.5) is 13.2 Å². The summed E-state index contributed by atoms with van der Waals surface area (Å²) < 4.78 is 36.2. The zero-order chi connectivity index (χ0) is 17.9. The van der Waals surface area contributed by atoms with Crippen molar-refractivity contribution in [3.8, 4) is 0 Å². The highest BCUT2D eigenvalue weighted by Crippen LogP contribution is 2.30. The number of rotatable bonds is 4. The van der Waals surface area contributed by atoms with Crippen molar-refractivity contribution in [3.05, 3.63) is 35.4 Å². The lowest BCUT2D eigenvalue weighted by Gasteiger charge is -2.34. The molecular formula is C15H15F3N2O4. The van der Waals surface area contributed by atoms with Gasteiger partial charge in [-0.2, -0.15) is 13.2 Å². The summed E-state index contributed by atoms with van der Waals surface area (Å²) in [5.74, 6) is -3.18. The molecule has 24 heavy (non-hydrogen) atoms. The van der Waals surface area contributed by atoms with Gasteiger partial charge in [0.2, 0.25) is 11.8 Å². The Hall–Kier alpha value is -2.58. The third-order valence-electron chi connectivity index (χ3n) is 3.64. The number of nitrogens with one attached hydrogen (secondary N) is 1. The van der Waals surface area contributed by atoms with E-state index >= 15 is 0 Å². The molecule has 1 aromatic carbocycles. The van der Waals surface area contributed by atoms with Crippen molar-refractivity contribution in [2.75, 3.05) is 13.1 Å². The Morgan fingerprint density at radius 1 is 1.25 bits per heavy atom. The van der Waals surface area contributed by atoms with Crippen LogP contribution in [0.25, 0.3) is 0 Å². The minimum Gasteiger partial charge on any atom is -0.479 e. The predicted molar refractivity (Wildman–Crippen MR) is 75.9 cm³/mol. The summed E-state index contributed by atoms with van der Waals surface area (Å²) in [5.41, 5.74) is 1.23. The molecule has 1 aliphatic rings. The van der Waals surface area contributed by atoms with Crippen LogP contribution in [-0.2, 0) is 20.8 Å². The number of hydrogen-bond donors (Lipinski definition) is 2. The van der Waals surface area contributed by atoms with E-state index in [1.807, 2.05) is 0 Å². The number of carboxylic acids is 1. The van der Waals surface area contributed by atoms with Gasteiger partial charge in [-0.25, -0.2) is 4.79 Å². The average molecular weight is 344 g/mol. The fourth-order valence-electron chi connectivity index (χ4n) is 2.60. The molecular weight excluding hydrogens is 329 g/mol. The van der Waals surface area contributed by atoms with Gasteiger partial charge < -0.3 is 15.3 Å². The molecule has 0 fully saturated rings. The Balaban J connectivity index is 2.09. The van der Waals surface area contributed by atoms with Gasteiger partial charge in [-0.15, -0.1) is 0 Å². The molecule has 1 aromatic rings. The maximum Gasteiger partial charge on any atom is 0.405 e. The number of carboxylic acid groups (broad SMARTS) is 1. The van der Waals surface area contributed by atoms with Crippen LogP contribution < -0.4 is 5.32 Å². The van der Waals surface area contributed by atoms with Crippen LogP contribution in [0.5, 0.6) is 0 Å². The first-order valence-corrected chi connectivity index (χ1v) is 7.12. The Bertz CT molecular complexity index is 660. The van der Waals surface area contributed by atoms with E-state index < -0.39 is 43.0 Å². The smallest absolute Gasteiger partial charge is 0.405 e. The van der Waals surface area contributed by atoms with Gasteiger partial charge in [0.05, 0.1) is 0 Å². The lowest BCUT2D eigenvalue weighted by Crippen LogP contribution is -2.45. The molecule has 0 saturated heterocycles. The number of nitrogens with zero attached hydrogens (tertiary/aromatic N) is 1. The molecule has 6 nitrogen and oxygen atoms in total. The lowest BCUT2D eigenvalue weighted by atomic mass is 9.92. The highest BCUT2D eigenvalue weighted by molar-refractivity contribution is 5.98. The van der Waals surface area contributed by atoms with Crippen molar-refractivity contribution in [1.82, 2.24) is 10.2 Å². The summed E-state index contributed by atoms with van der Waals surface area (Å²) in [7, 11) is 0. The molecule has 2 N–H and O–H groups in total. The van der Waals surface area contributed by atoms with Crippen LogP contribution in [0.3, 0.4) is 0 Å². The number of amides is 2. The van der Waals surface area contributed by atoms with E-state index in [-0.39, 0.29) is 6.54 Å². The van der Waals surface area contributed by atoms with E-state index in [4.69, 9.17) is 0 Å². The van der Waals surface area contributed by atoms with E-state index in [9.17, 15) is 32.7 Å². The summed E-state index contributed by atoms with van der Waals surface area (Å²) >= 11 is 0. The number of carbonyl (C=O) groups excluding carboxylic acids is 2. The van der Waals surface area contributed by atoms with Crippen LogP contribution in [0.15, 0.2) is 24.3 Å². The summed E-state index contributed by atoms with van der Waals surface area (Å²) in [4.78, 5) is 36.2. The lowest BCUT2D eigenvalue weighted by molar-refractivity contribution is -0.153. The van der Waals surface area contributed by atoms with Crippen molar-refractivity contribution in [1.29, 1.82) is 0 Å². The maximum atomic E-state index is 12.2. The van der Waals surface area contributed by atoms with Crippen LogP contribution in [0.2, 0.25) is 0 Å². The number of hydrogen-bond acceptors (Lipinski definition) is 3. The van der Waals surface area contributed by atoms with Crippen LogP contribution in [-0.4, -0.2) is 47.1 Å². The maximum absolute atomic E-state index is 12.2. The minimum atomic E-state index is -4.58. The van der Waals surface area contributed by atoms with Gasteiger partial charge in [0, 0.05) is 6.54 Å². The molecule has 130 valence electrons. The number of alkyl halides is 3. The number of halogens is 3. The largest absolute Gasteiger partial charge is 0.479 e. The van der Waals surface area contributed by atoms with Gasteiger partial charge in [-0.05, 0) is 17.5 Å². The first-order valence-electron chi connectivity index (χ1n) is 7.12. The van der Waals surface area contributed by atoms with E-state index in [1.165, 1.54) is 0 Å². The second-order valence-electron chi connectivity index (χ2n) is 5.35. The van der Waals surface area contributed by atoms with E-state index in [0.717, 1.165) is 10.5 Å². The van der Waals surface area contributed by atoms with Crippen LogP contribution >= 0.6 is 0 Å². The minimum absolute atomic E-state index is 0.0827. The summed E-state index contributed by atoms with van der Waals surface area (Å²) in [5, 5.41) is 11.0. The monoisotopic (exact) mass is 344 g/mol. The fraction of sp³-hybridized carbons (Fsp3) is 0.400. The molecule has 1 aliphatic heterocycles. The fourth-order valence-corrected chi connectivity index (χ4v) is 2.60. The van der Waals surface area contributed by atoms with Crippen molar-refractivity contribution < 1.29 is 32.7 Å². The molecule has 2 amide bonds. The zero-order valence-electron chi connectivity index (χ0n) is 12.5. The Morgan fingerprint density at radius 2 is 1.92 bits per heavy atom. The summed E-state index contributed by atoms with van der Waals surface area (Å²) in [6, 6.07) is 5.47. The highest BCUT2D eigenvalue weighted by atomic mass is 19.4. The SMILES string of the molecule is O=C(CC(=O)N1CCc2ccccc2C1C(=O)O)NCC(F)(F)F. The topological polar surface area (TPSA) is 86.7 Å². The number of fused-ring (bicyclic) bond motifs is 1. The number of benzene rings is 1. The Kier molecular flexibility index (Phi) is 5.10. The predicted octanol–water partition coefficient (Wildman–Crippen LogP) is 1.27. The molecule has 0 aromatic heterocycles. The van der Waals surface area contributed by atoms with Crippen molar-refractivity contribution in [3.63, 3.8) is 0 Å². The molecule has 1 heterocycles. The first kappa shape index (κ1) is 17.8. The van der Waals surface area contributed by atoms with Gasteiger partial charge in [-0.3, -0.25) is 9.59 Å². The number of aliphatic carboxylic acids is 1. The Morgan fingerprint density at radius 3 is 2.54 bits per heavy atom. The Labute approximate surface area is 135 Å². The molecule has 9 heteroatoms. The molecule has 0 bridgehead atoms. The number of carbonyl (C=O) groups is 3. The molecule has 0 aliphatic carbocycles. The average Bonchev–Trinajstić information content (AvgIpc) is 2.50. The highest BCUT2D eigenvalue weighted by Gasteiger charge is 2.36. The summed E-state index contributed by atoms with van der Waals surface area (Å²) in [6.07, 6.45) is -5.00. The van der Waals surface area contributed by atoms with Gasteiger partial charge in [0.15, 0.2) is 6.04 Å². The second kappa shape index (κ2) is 6.90. The molecule has 0 radical (unpaired) electrons. The normalized spacial score (nSPS) is 17.1. The van der Waals surface area contributed by atoms with Crippen LogP contribution in [0, 0.1) is 0 Å².